The summed E-state index contributed by atoms with van der Waals surface area (Å²) in [6.45, 7) is 1.85. The fourth-order valence-electron chi connectivity index (χ4n) is 5.15. The number of aromatic nitrogens is 6. The number of fused-ring (bicyclic) bond motifs is 3. The molecule has 0 bridgehead atoms. The van der Waals surface area contributed by atoms with Crippen LogP contribution in [0.25, 0.3) is 22.8 Å². The number of nitrogens with one attached hydrogen (secondary N) is 1. The molecule has 15 heteroatoms. The molecule has 6 rings (SSSR count). The highest BCUT2D eigenvalue weighted by atomic mass is 32.2. The summed E-state index contributed by atoms with van der Waals surface area (Å²) in [5.41, 5.74) is 2.23. The second kappa shape index (κ2) is 10.3. The molecule has 1 aromatic carbocycles. The highest BCUT2D eigenvalue weighted by molar-refractivity contribution is 7.85. The van der Waals surface area contributed by atoms with Gasteiger partial charge in [0, 0.05) is 41.2 Å². The Morgan fingerprint density at radius 2 is 1.93 bits per heavy atom. The van der Waals surface area contributed by atoms with Gasteiger partial charge in [-0.2, -0.15) is 21.6 Å². The first kappa shape index (κ1) is 28.0. The second-order valence-corrected chi connectivity index (χ2v) is 11.9. The largest absolute Gasteiger partial charge is 0.480 e. The van der Waals surface area contributed by atoms with Gasteiger partial charge in [-0.25, -0.2) is 24.9 Å². The fraction of sp³-hybridized carbons (Fsp3) is 0.370. The topological polar surface area (TPSA) is 145 Å². The van der Waals surface area contributed by atoms with Crippen LogP contribution in [0.2, 0.25) is 0 Å². The normalized spacial score (nSPS) is 16.9. The third-order valence-electron chi connectivity index (χ3n) is 7.36. The van der Waals surface area contributed by atoms with E-state index in [1.165, 1.54) is 19.6 Å². The van der Waals surface area contributed by atoms with Crippen molar-refractivity contribution in [2.24, 2.45) is 0 Å². The predicted octanol–water partition coefficient (Wildman–Crippen LogP) is 5.34. The Balaban J connectivity index is 1.41. The maximum absolute atomic E-state index is 13.4. The smallest absolute Gasteiger partial charge is 0.434 e. The zero-order chi connectivity index (χ0) is 29.8. The Morgan fingerprint density at radius 3 is 2.62 bits per heavy atom. The summed E-state index contributed by atoms with van der Waals surface area (Å²) < 4.78 is 80.5. The van der Waals surface area contributed by atoms with E-state index in [0.717, 1.165) is 30.3 Å². The van der Waals surface area contributed by atoms with Gasteiger partial charge in [-0.3, -0.25) is 4.55 Å². The van der Waals surface area contributed by atoms with Crippen LogP contribution in [0.3, 0.4) is 0 Å². The summed E-state index contributed by atoms with van der Waals surface area (Å²) in [4.78, 5) is 21.5. The Bertz CT molecular complexity index is 1790. The molecule has 42 heavy (non-hydrogen) atoms. The van der Waals surface area contributed by atoms with Crippen LogP contribution in [0.1, 0.15) is 60.7 Å². The molecule has 3 aromatic heterocycles. The first-order chi connectivity index (χ1) is 19.9. The van der Waals surface area contributed by atoms with Crippen LogP contribution in [-0.2, 0) is 28.5 Å². The number of nitrogens with zero attached hydrogens (tertiary/aromatic N) is 6. The number of hydrogen-bond donors (Lipinski definition) is 2. The first-order valence-electron chi connectivity index (χ1n) is 13.2. The predicted molar refractivity (Wildman–Crippen MR) is 146 cm³/mol. The molecule has 4 heterocycles. The Morgan fingerprint density at radius 1 is 1.14 bits per heavy atom. The van der Waals surface area contributed by atoms with E-state index in [1.54, 1.807) is 22.8 Å². The molecule has 0 radical (unpaired) electrons. The minimum Gasteiger partial charge on any atom is -0.480 e. The average molecular weight is 602 g/mol. The van der Waals surface area contributed by atoms with Crippen molar-refractivity contribution in [3.05, 3.63) is 59.4 Å². The number of hydrogen-bond acceptors (Lipinski definition) is 9. The molecule has 220 valence electrons. The van der Waals surface area contributed by atoms with E-state index in [1.807, 2.05) is 6.92 Å². The van der Waals surface area contributed by atoms with Gasteiger partial charge in [-0.15, -0.1) is 0 Å². The van der Waals surface area contributed by atoms with Gasteiger partial charge in [0.2, 0.25) is 5.88 Å². The molecule has 0 amide bonds. The molecule has 2 aliphatic rings. The van der Waals surface area contributed by atoms with E-state index in [9.17, 15) is 26.1 Å². The lowest BCUT2D eigenvalue weighted by atomic mass is 10.0. The Hall–Kier alpha value is -4.11. The SMILES string of the molecule is COc1ncnc(C2CC2)c1-c1ncc(CS(=O)(=O)O)c(Nc2ccc3c(c2)CCC(C)n2cc(C(F)(F)F)nc2-3)n1. The molecule has 11 nitrogen and oxygen atoms in total. The maximum Gasteiger partial charge on any atom is 0.434 e. The van der Waals surface area contributed by atoms with Crippen molar-refractivity contribution < 1.29 is 30.9 Å². The van der Waals surface area contributed by atoms with Gasteiger partial charge in [0.15, 0.2) is 11.5 Å². The van der Waals surface area contributed by atoms with Crippen molar-refractivity contribution in [3.63, 3.8) is 0 Å². The molecule has 4 aromatic rings. The first-order valence-corrected chi connectivity index (χ1v) is 14.8. The average Bonchev–Trinajstić information content (AvgIpc) is 3.70. The monoisotopic (exact) mass is 601 g/mol. The van der Waals surface area contributed by atoms with Crippen LogP contribution < -0.4 is 10.1 Å². The summed E-state index contributed by atoms with van der Waals surface area (Å²) in [5, 5.41) is 3.13. The van der Waals surface area contributed by atoms with Crippen molar-refractivity contribution >= 4 is 21.6 Å². The van der Waals surface area contributed by atoms with Crippen molar-refractivity contribution in [1.82, 2.24) is 29.5 Å². The molecule has 2 N–H and O–H groups in total. The molecule has 1 atom stereocenters. The number of rotatable bonds is 7. The highest BCUT2D eigenvalue weighted by Gasteiger charge is 2.36. The van der Waals surface area contributed by atoms with Crippen LogP contribution in [0.5, 0.6) is 5.88 Å². The van der Waals surface area contributed by atoms with Crippen LogP contribution in [0.4, 0.5) is 24.7 Å². The molecule has 1 saturated carbocycles. The zero-order valence-corrected chi connectivity index (χ0v) is 23.4. The molecular weight excluding hydrogens is 575 g/mol. The van der Waals surface area contributed by atoms with Crippen molar-refractivity contribution in [2.75, 3.05) is 12.4 Å². The van der Waals surface area contributed by atoms with Gasteiger partial charge >= 0.3 is 6.18 Å². The minimum absolute atomic E-state index is 0.110. The Labute approximate surface area is 239 Å². The number of halogens is 3. The van der Waals surface area contributed by atoms with Crippen molar-refractivity contribution in [1.29, 1.82) is 0 Å². The summed E-state index contributed by atoms with van der Waals surface area (Å²) in [6, 6.07) is 4.91. The summed E-state index contributed by atoms with van der Waals surface area (Å²) in [6.07, 6.45) is 2.23. The molecular formula is C27H26F3N7O4S. The molecule has 1 fully saturated rings. The molecule has 1 unspecified atom stereocenters. The van der Waals surface area contributed by atoms with E-state index in [0.29, 0.717) is 29.7 Å². The van der Waals surface area contributed by atoms with Gasteiger partial charge in [0.25, 0.3) is 10.1 Å². The molecule has 1 aliphatic carbocycles. The molecule has 0 spiro atoms. The van der Waals surface area contributed by atoms with E-state index >= 15 is 0 Å². The number of benzene rings is 1. The number of methoxy groups -OCH3 is 1. The number of ether oxygens (including phenoxy) is 1. The van der Waals surface area contributed by atoms with Crippen LogP contribution in [-0.4, -0.2) is 49.6 Å². The van der Waals surface area contributed by atoms with Crippen molar-refractivity contribution in [3.8, 4) is 28.7 Å². The van der Waals surface area contributed by atoms with E-state index in [4.69, 9.17) is 4.74 Å². The number of aryl methyl sites for hydroxylation is 1. The van der Waals surface area contributed by atoms with E-state index in [2.05, 4.69) is 30.2 Å². The minimum atomic E-state index is -4.57. The van der Waals surface area contributed by atoms with Gasteiger partial charge < -0.3 is 14.6 Å². The lowest BCUT2D eigenvalue weighted by Crippen LogP contribution is -2.09. The van der Waals surface area contributed by atoms with E-state index in [-0.39, 0.29) is 40.9 Å². The standard InChI is InChI=1S/C27H26F3N7O4S/c1-14-3-4-16-9-18(7-8-19(16)25-35-20(11-37(14)25)27(28,29)30)34-23-17(12-42(38,39)40)10-31-24(36-23)21-22(15-5-6-15)32-13-33-26(21)41-2/h7-11,13-15H,3-6,12H2,1-2H3,(H,31,34,36)(H,38,39,40). The summed E-state index contributed by atoms with van der Waals surface area (Å²) >= 11 is 0. The van der Waals surface area contributed by atoms with Crippen LogP contribution in [0, 0.1) is 0 Å². The van der Waals surface area contributed by atoms with Crippen LogP contribution in [0.15, 0.2) is 36.9 Å². The third kappa shape index (κ3) is 5.53. The lowest BCUT2D eigenvalue weighted by molar-refractivity contribution is -0.140. The third-order valence-corrected chi connectivity index (χ3v) is 8.04. The van der Waals surface area contributed by atoms with Gasteiger partial charge in [-0.05, 0) is 56.4 Å². The quantitative estimate of drug-likeness (QED) is 0.266. The number of alkyl halides is 3. The maximum atomic E-state index is 13.4. The van der Waals surface area contributed by atoms with Gasteiger partial charge in [0.05, 0.1) is 12.8 Å². The highest BCUT2D eigenvalue weighted by Crippen LogP contribution is 2.45. The zero-order valence-electron chi connectivity index (χ0n) is 22.6. The van der Waals surface area contributed by atoms with E-state index < -0.39 is 27.7 Å². The van der Waals surface area contributed by atoms with Crippen LogP contribution >= 0.6 is 0 Å². The number of anilines is 2. The van der Waals surface area contributed by atoms with Crippen molar-refractivity contribution in [2.45, 2.75) is 56.5 Å². The second-order valence-electron chi connectivity index (χ2n) is 10.5. The number of imidazole rings is 1. The molecule has 0 saturated heterocycles. The lowest BCUT2D eigenvalue weighted by Gasteiger charge is -2.15. The van der Waals surface area contributed by atoms with Gasteiger partial charge in [-0.1, -0.05) is 0 Å². The summed E-state index contributed by atoms with van der Waals surface area (Å²) in [5.74, 6) is 0.288. The van der Waals surface area contributed by atoms with Gasteiger partial charge in [0.1, 0.15) is 29.3 Å². The molecule has 1 aliphatic heterocycles. The fourth-order valence-corrected chi connectivity index (χ4v) is 5.76. The summed E-state index contributed by atoms with van der Waals surface area (Å²) in [7, 11) is -2.97. The Kier molecular flexibility index (Phi) is 6.88.